The molecule has 68 valence electrons. The van der Waals surface area contributed by atoms with Gasteiger partial charge in [0.1, 0.15) is 5.60 Å². The van der Waals surface area contributed by atoms with Gasteiger partial charge in [0.25, 0.3) is 0 Å². The maximum atomic E-state index is 9.98. The van der Waals surface area contributed by atoms with Crippen molar-refractivity contribution < 1.29 is 5.11 Å². The molecule has 0 amide bonds. The van der Waals surface area contributed by atoms with Crippen LogP contribution in [0.25, 0.3) is 0 Å². The lowest BCUT2D eigenvalue weighted by molar-refractivity contribution is 0.0378. The minimum Gasteiger partial charge on any atom is -0.383 e. The second-order valence-corrected chi connectivity index (χ2v) is 4.06. The van der Waals surface area contributed by atoms with E-state index in [1.807, 2.05) is 6.92 Å². The van der Waals surface area contributed by atoms with Gasteiger partial charge in [-0.1, -0.05) is 0 Å². The average molecular weight is 186 g/mol. The molecule has 0 aliphatic heterocycles. The Kier molecular flexibility index (Phi) is 2.51. The first-order valence-electron chi connectivity index (χ1n) is 3.84. The van der Waals surface area contributed by atoms with Crippen LogP contribution in [0.3, 0.4) is 0 Å². The van der Waals surface area contributed by atoms with Gasteiger partial charge in [-0.05, 0) is 20.8 Å². The van der Waals surface area contributed by atoms with E-state index >= 15 is 0 Å². The standard InChI is InChI=1S/C8H14N2OS/c1-5-7(12-4-10-5)8(3,11)6(2)9/h4,6,11H,9H2,1-3H3. The van der Waals surface area contributed by atoms with Crippen LogP contribution in [0.15, 0.2) is 5.51 Å². The van der Waals surface area contributed by atoms with Crippen molar-refractivity contribution in [3.05, 3.63) is 16.1 Å². The summed E-state index contributed by atoms with van der Waals surface area (Å²) in [5.41, 5.74) is 7.29. The molecule has 0 aliphatic carbocycles. The molecule has 0 aromatic carbocycles. The van der Waals surface area contributed by atoms with Crippen LogP contribution >= 0.6 is 11.3 Å². The highest BCUT2D eigenvalue weighted by Gasteiger charge is 2.31. The Morgan fingerprint density at radius 3 is 2.67 bits per heavy atom. The van der Waals surface area contributed by atoms with Crippen LogP contribution in [0.5, 0.6) is 0 Å². The zero-order valence-electron chi connectivity index (χ0n) is 7.53. The molecule has 2 atom stereocenters. The van der Waals surface area contributed by atoms with Crippen molar-refractivity contribution in [3.8, 4) is 0 Å². The molecule has 4 heteroatoms. The Morgan fingerprint density at radius 2 is 2.33 bits per heavy atom. The van der Waals surface area contributed by atoms with Gasteiger partial charge in [-0.3, -0.25) is 0 Å². The molecule has 0 fully saturated rings. The smallest absolute Gasteiger partial charge is 0.112 e. The molecule has 0 bridgehead atoms. The molecule has 1 rings (SSSR count). The Balaban J connectivity index is 3.05. The zero-order chi connectivity index (χ0) is 9.35. The Morgan fingerprint density at radius 1 is 1.75 bits per heavy atom. The van der Waals surface area contributed by atoms with Gasteiger partial charge in [-0.25, -0.2) is 4.98 Å². The predicted octanol–water partition coefficient (Wildman–Crippen LogP) is 1.01. The minimum atomic E-state index is -0.953. The summed E-state index contributed by atoms with van der Waals surface area (Å²) in [4.78, 5) is 4.93. The van der Waals surface area contributed by atoms with E-state index in [4.69, 9.17) is 5.73 Å². The Labute approximate surface area is 76.3 Å². The van der Waals surface area contributed by atoms with Crippen LogP contribution < -0.4 is 5.73 Å². The molecule has 12 heavy (non-hydrogen) atoms. The largest absolute Gasteiger partial charge is 0.383 e. The van der Waals surface area contributed by atoms with E-state index in [0.29, 0.717) is 0 Å². The monoisotopic (exact) mass is 186 g/mol. The summed E-state index contributed by atoms with van der Waals surface area (Å²) in [7, 11) is 0. The molecule has 0 radical (unpaired) electrons. The van der Waals surface area contributed by atoms with E-state index in [9.17, 15) is 5.11 Å². The van der Waals surface area contributed by atoms with E-state index in [0.717, 1.165) is 10.6 Å². The fourth-order valence-corrected chi connectivity index (χ4v) is 1.96. The first kappa shape index (κ1) is 9.64. The van der Waals surface area contributed by atoms with Crippen molar-refractivity contribution in [1.82, 2.24) is 4.98 Å². The number of nitrogens with two attached hydrogens (primary N) is 1. The second kappa shape index (κ2) is 3.12. The summed E-state index contributed by atoms with van der Waals surface area (Å²) in [6.07, 6.45) is 0. The van der Waals surface area contributed by atoms with Crippen molar-refractivity contribution >= 4 is 11.3 Å². The van der Waals surface area contributed by atoms with Gasteiger partial charge >= 0.3 is 0 Å². The van der Waals surface area contributed by atoms with Gasteiger partial charge in [0.2, 0.25) is 0 Å². The van der Waals surface area contributed by atoms with Crippen molar-refractivity contribution in [1.29, 1.82) is 0 Å². The number of hydrogen-bond acceptors (Lipinski definition) is 4. The molecular formula is C8H14N2OS. The summed E-state index contributed by atoms with van der Waals surface area (Å²) < 4.78 is 0. The molecule has 3 N–H and O–H groups in total. The summed E-state index contributed by atoms with van der Waals surface area (Å²) in [5, 5.41) is 9.98. The normalized spacial score (nSPS) is 18.8. The quantitative estimate of drug-likeness (QED) is 0.724. The van der Waals surface area contributed by atoms with Crippen molar-refractivity contribution in [2.24, 2.45) is 5.73 Å². The lowest BCUT2D eigenvalue weighted by atomic mass is 9.96. The van der Waals surface area contributed by atoms with Gasteiger partial charge in [0, 0.05) is 6.04 Å². The number of hydrogen-bond donors (Lipinski definition) is 2. The second-order valence-electron chi connectivity index (χ2n) is 3.20. The van der Waals surface area contributed by atoms with Gasteiger partial charge in [-0.2, -0.15) is 0 Å². The summed E-state index contributed by atoms with van der Waals surface area (Å²) in [5.74, 6) is 0. The summed E-state index contributed by atoms with van der Waals surface area (Å²) >= 11 is 1.44. The Bertz CT molecular complexity index is 268. The number of rotatable bonds is 2. The first-order chi connectivity index (χ1) is 5.46. The topological polar surface area (TPSA) is 59.1 Å². The molecule has 1 heterocycles. The first-order valence-corrected chi connectivity index (χ1v) is 4.72. The molecule has 0 aliphatic rings. The summed E-state index contributed by atoms with van der Waals surface area (Å²) in [6, 6.07) is -0.281. The molecule has 0 spiro atoms. The number of aliphatic hydroxyl groups is 1. The molecule has 0 saturated heterocycles. The van der Waals surface area contributed by atoms with E-state index in [2.05, 4.69) is 4.98 Å². The van der Waals surface area contributed by atoms with E-state index < -0.39 is 5.60 Å². The number of aryl methyl sites for hydroxylation is 1. The third-order valence-corrected chi connectivity index (χ3v) is 3.25. The zero-order valence-corrected chi connectivity index (χ0v) is 8.35. The van der Waals surface area contributed by atoms with Gasteiger partial charge < -0.3 is 10.8 Å². The minimum absolute atomic E-state index is 0.281. The van der Waals surface area contributed by atoms with Gasteiger partial charge in [0.15, 0.2) is 0 Å². The van der Waals surface area contributed by atoms with Crippen LogP contribution in [0, 0.1) is 6.92 Å². The molecule has 1 aromatic heterocycles. The van der Waals surface area contributed by atoms with Crippen molar-refractivity contribution in [2.75, 3.05) is 0 Å². The maximum absolute atomic E-state index is 9.98. The molecular weight excluding hydrogens is 172 g/mol. The third-order valence-electron chi connectivity index (χ3n) is 2.09. The fraction of sp³-hybridized carbons (Fsp3) is 0.625. The number of aromatic nitrogens is 1. The molecule has 3 nitrogen and oxygen atoms in total. The number of thiazole rings is 1. The van der Waals surface area contributed by atoms with Gasteiger partial charge in [0.05, 0.1) is 16.1 Å². The lowest BCUT2D eigenvalue weighted by Crippen LogP contribution is -2.40. The lowest BCUT2D eigenvalue weighted by Gasteiger charge is -2.26. The maximum Gasteiger partial charge on any atom is 0.112 e. The highest BCUT2D eigenvalue weighted by molar-refractivity contribution is 7.09. The Hall–Kier alpha value is -0.450. The summed E-state index contributed by atoms with van der Waals surface area (Å²) in [6.45, 7) is 5.39. The van der Waals surface area contributed by atoms with Crippen LogP contribution in [0.1, 0.15) is 24.4 Å². The third kappa shape index (κ3) is 1.50. The fourth-order valence-electron chi connectivity index (χ4n) is 0.994. The molecule has 0 saturated carbocycles. The predicted molar refractivity (Wildman–Crippen MR) is 50.1 cm³/mol. The number of nitrogens with zero attached hydrogens (tertiary/aromatic N) is 1. The van der Waals surface area contributed by atoms with Crippen LogP contribution in [0.4, 0.5) is 0 Å². The molecule has 2 unspecified atom stereocenters. The van der Waals surface area contributed by atoms with Crippen LogP contribution in [-0.2, 0) is 5.60 Å². The van der Waals surface area contributed by atoms with Crippen molar-refractivity contribution in [2.45, 2.75) is 32.4 Å². The SMILES string of the molecule is Cc1ncsc1C(C)(O)C(C)N. The van der Waals surface area contributed by atoms with E-state index in [1.54, 1.807) is 19.4 Å². The highest BCUT2D eigenvalue weighted by Crippen LogP contribution is 2.29. The van der Waals surface area contributed by atoms with E-state index in [-0.39, 0.29) is 6.04 Å². The van der Waals surface area contributed by atoms with Crippen LogP contribution in [-0.4, -0.2) is 16.1 Å². The average Bonchev–Trinajstić information content (AvgIpc) is 2.35. The molecule has 1 aromatic rings. The van der Waals surface area contributed by atoms with Gasteiger partial charge in [-0.15, -0.1) is 11.3 Å². The van der Waals surface area contributed by atoms with Crippen molar-refractivity contribution in [3.63, 3.8) is 0 Å². The van der Waals surface area contributed by atoms with Crippen LogP contribution in [0.2, 0.25) is 0 Å². The highest BCUT2D eigenvalue weighted by atomic mass is 32.1. The van der Waals surface area contributed by atoms with E-state index in [1.165, 1.54) is 11.3 Å².